The monoisotopic (exact) mass is 122 g/mol. The second kappa shape index (κ2) is 1.21. The van der Waals surface area contributed by atoms with Crippen LogP contribution in [0, 0.1) is 29.6 Å². The van der Waals surface area contributed by atoms with Crippen LogP contribution in [0.4, 0.5) is 0 Å². The molecule has 0 N–H and O–H groups in total. The highest BCUT2D eigenvalue weighted by Gasteiger charge is 2.59. The molecule has 9 heavy (non-hydrogen) atoms. The van der Waals surface area contributed by atoms with Crippen molar-refractivity contribution in [2.75, 3.05) is 0 Å². The molecule has 0 radical (unpaired) electrons. The fraction of sp³-hybridized carbons (Fsp3) is 1.00. The van der Waals surface area contributed by atoms with E-state index in [1.54, 1.807) is 19.3 Å². The second-order valence-corrected chi connectivity index (χ2v) is 4.44. The van der Waals surface area contributed by atoms with Gasteiger partial charge in [-0.3, -0.25) is 0 Å². The van der Waals surface area contributed by atoms with Gasteiger partial charge in [0.25, 0.3) is 0 Å². The Kier molecular flexibility index (Phi) is 0.640. The quantitative estimate of drug-likeness (QED) is 0.462. The van der Waals surface area contributed by atoms with Crippen LogP contribution < -0.4 is 0 Å². The highest BCUT2D eigenvalue weighted by Crippen LogP contribution is 2.67. The maximum atomic E-state index is 2.46. The van der Waals surface area contributed by atoms with E-state index in [-0.39, 0.29) is 0 Å². The predicted octanol–water partition coefficient (Wildman–Crippen LogP) is 2.30. The zero-order chi connectivity index (χ0) is 6.01. The molecule has 3 aliphatic rings. The van der Waals surface area contributed by atoms with Gasteiger partial charge in [-0.2, -0.15) is 0 Å². The van der Waals surface area contributed by atoms with E-state index in [1.807, 2.05) is 0 Å². The van der Waals surface area contributed by atoms with Crippen molar-refractivity contribution in [3.63, 3.8) is 0 Å². The van der Waals surface area contributed by atoms with Gasteiger partial charge >= 0.3 is 0 Å². The summed E-state index contributed by atoms with van der Waals surface area (Å²) in [6.45, 7) is 2.46. The minimum Gasteiger partial charge on any atom is -0.0622 e. The molecule has 0 aromatic carbocycles. The summed E-state index contributed by atoms with van der Waals surface area (Å²) in [6.07, 6.45) is 4.78. The van der Waals surface area contributed by atoms with Crippen molar-refractivity contribution < 1.29 is 0 Å². The molecule has 0 bridgehead atoms. The highest BCUT2D eigenvalue weighted by atomic mass is 14.6. The van der Waals surface area contributed by atoms with Gasteiger partial charge in [-0.05, 0) is 48.9 Å². The highest BCUT2D eigenvalue weighted by molar-refractivity contribution is 5.08. The summed E-state index contributed by atoms with van der Waals surface area (Å²) in [4.78, 5) is 0. The van der Waals surface area contributed by atoms with Gasteiger partial charge in [0, 0.05) is 0 Å². The molecule has 50 valence electrons. The Balaban J connectivity index is 1.87. The van der Waals surface area contributed by atoms with Crippen LogP contribution in [0.3, 0.4) is 0 Å². The average Bonchev–Trinajstić information content (AvgIpc) is 2.54. The Morgan fingerprint density at radius 3 is 2.67 bits per heavy atom. The average molecular weight is 122 g/mol. The van der Waals surface area contributed by atoms with Gasteiger partial charge in [0.05, 0.1) is 0 Å². The van der Waals surface area contributed by atoms with E-state index < -0.39 is 0 Å². The lowest BCUT2D eigenvalue weighted by Crippen LogP contribution is -2.07. The summed E-state index contributed by atoms with van der Waals surface area (Å²) in [7, 11) is 0. The molecule has 0 heterocycles. The van der Waals surface area contributed by atoms with Gasteiger partial charge in [0.2, 0.25) is 0 Å². The molecule has 0 heteroatoms. The van der Waals surface area contributed by atoms with E-state index >= 15 is 0 Å². The van der Waals surface area contributed by atoms with Crippen LogP contribution in [-0.4, -0.2) is 0 Å². The summed E-state index contributed by atoms with van der Waals surface area (Å²) in [6, 6.07) is 0. The lowest BCUT2D eigenvalue weighted by Gasteiger charge is -2.14. The minimum atomic E-state index is 1.10. The van der Waals surface area contributed by atoms with Crippen LogP contribution in [0.15, 0.2) is 0 Å². The first-order chi connectivity index (χ1) is 4.36. The third kappa shape index (κ3) is 0.500. The molecule has 0 aliphatic heterocycles. The van der Waals surface area contributed by atoms with Crippen molar-refractivity contribution in [2.24, 2.45) is 29.6 Å². The first-order valence-corrected chi connectivity index (χ1v) is 4.36. The third-order valence-electron chi connectivity index (χ3n) is 3.82. The molecule has 5 atom stereocenters. The molecule has 0 saturated heterocycles. The molecule has 3 fully saturated rings. The van der Waals surface area contributed by atoms with E-state index in [1.165, 1.54) is 23.7 Å². The van der Waals surface area contributed by atoms with Crippen molar-refractivity contribution in [1.82, 2.24) is 0 Å². The largest absolute Gasteiger partial charge is 0.0622 e. The second-order valence-electron chi connectivity index (χ2n) is 4.44. The van der Waals surface area contributed by atoms with Crippen LogP contribution in [0.5, 0.6) is 0 Å². The third-order valence-corrected chi connectivity index (χ3v) is 3.82. The smallest absolute Gasteiger partial charge is 0.0349 e. The molecular weight excluding hydrogens is 108 g/mol. The molecule has 3 saturated carbocycles. The van der Waals surface area contributed by atoms with Crippen LogP contribution in [-0.2, 0) is 0 Å². The number of hydrogen-bond donors (Lipinski definition) is 0. The summed E-state index contributed by atoms with van der Waals surface area (Å²) in [5.74, 6) is 5.93. The molecule has 3 rings (SSSR count). The number of rotatable bonds is 0. The first kappa shape index (κ1) is 4.76. The lowest BCUT2D eigenvalue weighted by atomic mass is 9.91. The molecule has 0 aromatic heterocycles. The summed E-state index contributed by atoms with van der Waals surface area (Å²) in [5, 5.41) is 0. The van der Waals surface area contributed by atoms with E-state index in [0.29, 0.717) is 0 Å². The topological polar surface area (TPSA) is 0 Å². The van der Waals surface area contributed by atoms with Gasteiger partial charge in [0.15, 0.2) is 0 Å². The van der Waals surface area contributed by atoms with Crippen molar-refractivity contribution in [2.45, 2.75) is 26.2 Å². The zero-order valence-electron chi connectivity index (χ0n) is 6.01. The van der Waals surface area contributed by atoms with Crippen LogP contribution >= 0.6 is 0 Å². The fourth-order valence-corrected chi connectivity index (χ4v) is 3.10. The van der Waals surface area contributed by atoms with Gasteiger partial charge in [-0.25, -0.2) is 0 Å². The molecule has 4 unspecified atom stereocenters. The van der Waals surface area contributed by atoms with Crippen molar-refractivity contribution >= 4 is 0 Å². The van der Waals surface area contributed by atoms with E-state index in [4.69, 9.17) is 0 Å². The lowest BCUT2D eigenvalue weighted by molar-refractivity contribution is 0.346. The molecule has 0 aromatic rings. The summed E-state index contributed by atoms with van der Waals surface area (Å²) < 4.78 is 0. The first-order valence-electron chi connectivity index (χ1n) is 4.36. The SMILES string of the molecule is C[C@H]1CC2CC2C2CC21. The van der Waals surface area contributed by atoms with Gasteiger partial charge in [0.1, 0.15) is 0 Å². The van der Waals surface area contributed by atoms with E-state index in [0.717, 1.165) is 5.92 Å². The molecule has 0 amide bonds. The van der Waals surface area contributed by atoms with E-state index in [9.17, 15) is 0 Å². The van der Waals surface area contributed by atoms with Gasteiger partial charge in [-0.1, -0.05) is 6.92 Å². The Morgan fingerprint density at radius 2 is 1.78 bits per heavy atom. The number of hydrogen-bond acceptors (Lipinski definition) is 0. The van der Waals surface area contributed by atoms with Crippen LogP contribution in [0.2, 0.25) is 0 Å². The predicted molar refractivity (Wildman–Crippen MR) is 37.0 cm³/mol. The summed E-state index contributed by atoms with van der Waals surface area (Å²) in [5.41, 5.74) is 0. The molecule has 3 aliphatic carbocycles. The maximum absolute atomic E-state index is 2.46. The normalized spacial score (nSPS) is 68.3. The maximum Gasteiger partial charge on any atom is -0.0349 e. The van der Waals surface area contributed by atoms with Crippen LogP contribution in [0.1, 0.15) is 26.2 Å². The molecular formula is C9H14. The van der Waals surface area contributed by atoms with Crippen molar-refractivity contribution in [3.8, 4) is 0 Å². The van der Waals surface area contributed by atoms with E-state index in [2.05, 4.69) is 6.92 Å². The van der Waals surface area contributed by atoms with Crippen molar-refractivity contribution in [3.05, 3.63) is 0 Å². The van der Waals surface area contributed by atoms with Gasteiger partial charge in [-0.15, -0.1) is 0 Å². The minimum absolute atomic E-state index is 1.10. The zero-order valence-corrected chi connectivity index (χ0v) is 6.01. The Morgan fingerprint density at radius 1 is 0.889 bits per heavy atom. The Hall–Kier alpha value is 0. The van der Waals surface area contributed by atoms with Crippen molar-refractivity contribution in [1.29, 1.82) is 0 Å². The fourth-order valence-electron chi connectivity index (χ4n) is 3.10. The van der Waals surface area contributed by atoms with Crippen LogP contribution in [0.25, 0.3) is 0 Å². The standard InChI is InChI=1S/C9H14/c1-5-2-6-3-8(6)9-4-7(5)9/h5-9H,2-4H2,1H3/t5-,6?,7?,8?,9?/m0/s1. The summed E-state index contributed by atoms with van der Waals surface area (Å²) >= 11 is 0. The molecule has 0 nitrogen and oxygen atoms in total. The van der Waals surface area contributed by atoms with Gasteiger partial charge < -0.3 is 0 Å². The number of fused-ring (bicyclic) bond motifs is 3. The Labute approximate surface area is 56.6 Å². The Bertz CT molecular complexity index is 145. The molecule has 0 spiro atoms.